The molecule has 3 fully saturated rings. The third-order valence-corrected chi connectivity index (χ3v) is 11.8. The Kier molecular flexibility index (Phi) is 12.3. The highest BCUT2D eigenvalue weighted by Gasteiger charge is 2.50. The molecule has 3 aliphatic rings. The first-order valence-electron chi connectivity index (χ1n) is 20.5. The SMILES string of the molecule is C=C1C[C@@H](c2ncc(-c3ccc(C#Cc4ccc5nc([C@@H]6C[C@@]7(CCCOC7)CN6C(=O)[C@@H](NC(=O)OC)C(C)C)[nH]c5c4)cc3)[nH]2)N(C(=O)[C@@H](NC(=O)OC)C(C)C)C1. The zero-order valence-corrected chi connectivity index (χ0v) is 35.1. The predicted molar refractivity (Wildman–Crippen MR) is 224 cm³/mol. The number of aromatic amines is 2. The highest BCUT2D eigenvalue weighted by atomic mass is 16.5. The molecule has 0 radical (unpaired) electrons. The molecule has 4 aromatic rings. The van der Waals surface area contributed by atoms with Crippen LogP contribution in [-0.4, -0.2) is 106 Å². The molecule has 3 aliphatic heterocycles. The van der Waals surface area contributed by atoms with Gasteiger partial charge in [-0.1, -0.05) is 63.8 Å². The fourth-order valence-electron chi connectivity index (χ4n) is 8.55. The summed E-state index contributed by atoms with van der Waals surface area (Å²) in [7, 11) is 2.56. The van der Waals surface area contributed by atoms with Crippen LogP contribution in [0.15, 0.2) is 60.8 Å². The van der Waals surface area contributed by atoms with E-state index in [1.54, 1.807) is 11.1 Å². The highest BCUT2D eigenvalue weighted by Crippen LogP contribution is 2.47. The van der Waals surface area contributed by atoms with Crippen molar-refractivity contribution < 1.29 is 33.4 Å². The Morgan fingerprint density at radius 2 is 1.53 bits per heavy atom. The molecule has 60 heavy (non-hydrogen) atoms. The van der Waals surface area contributed by atoms with E-state index in [-0.39, 0.29) is 41.1 Å². The number of hydrogen-bond acceptors (Lipinski definition) is 9. The van der Waals surface area contributed by atoms with Crippen molar-refractivity contribution in [3.05, 3.63) is 83.6 Å². The van der Waals surface area contributed by atoms with E-state index >= 15 is 0 Å². The quantitative estimate of drug-likeness (QED) is 0.116. The second kappa shape index (κ2) is 17.6. The summed E-state index contributed by atoms with van der Waals surface area (Å²) >= 11 is 0. The number of nitrogens with one attached hydrogen (secondary N) is 4. The second-order valence-electron chi connectivity index (χ2n) is 16.9. The summed E-state index contributed by atoms with van der Waals surface area (Å²) in [5, 5.41) is 5.42. The van der Waals surface area contributed by atoms with E-state index in [4.69, 9.17) is 19.2 Å². The molecule has 4 amide bonds. The van der Waals surface area contributed by atoms with Crippen LogP contribution in [0.1, 0.15) is 88.2 Å². The molecule has 0 aliphatic carbocycles. The first-order valence-corrected chi connectivity index (χ1v) is 20.5. The maximum atomic E-state index is 14.1. The average Bonchev–Trinajstić information content (AvgIpc) is 4.06. The second-order valence-corrected chi connectivity index (χ2v) is 16.9. The number of amides is 4. The largest absolute Gasteiger partial charge is 0.453 e. The van der Waals surface area contributed by atoms with E-state index in [2.05, 4.69) is 44.0 Å². The number of H-pyrrole nitrogens is 2. The number of aromatic nitrogens is 4. The van der Waals surface area contributed by atoms with Crippen molar-refractivity contribution in [3.63, 3.8) is 0 Å². The normalized spacial score (nSPS) is 21.2. The Labute approximate surface area is 350 Å². The van der Waals surface area contributed by atoms with Crippen molar-refractivity contribution >= 4 is 35.0 Å². The molecule has 4 N–H and O–H groups in total. The Morgan fingerprint density at radius 3 is 2.17 bits per heavy atom. The molecule has 3 saturated heterocycles. The molecule has 2 aromatic heterocycles. The van der Waals surface area contributed by atoms with Crippen molar-refractivity contribution in [2.24, 2.45) is 17.3 Å². The van der Waals surface area contributed by atoms with Crippen LogP contribution in [0.25, 0.3) is 22.3 Å². The van der Waals surface area contributed by atoms with Gasteiger partial charge in [0, 0.05) is 36.2 Å². The van der Waals surface area contributed by atoms with Gasteiger partial charge in [-0.25, -0.2) is 19.6 Å². The number of hydrogen-bond donors (Lipinski definition) is 4. The van der Waals surface area contributed by atoms with Gasteiger partial charge in [-0.05, 0) is 73.4 Å². The van der Waals surface area contributed by atoms with E-state index < -0.39 is 24.3 Å². The number of alkyl carbamates (subject to hydrolysis) is 2. The first kappa shape index (κ1) is 42.0. The Balaban J connectivity index is 1.06. The molecule has 0 bridgehead atoms. The molecule has 2 aromatic carbocycles. The number of carbonyl (C=O) groups is 4. The van der Waals surface area contributed by atoms with Crippen molar-refractivity contribution in [3.8, 4) is 23.1 Å². The molecule has 5 heterocycles. The maximum Gasteiger partial charge on any atom is 0.407 e. The number of ether oxygens (including phenoxy) is 3. The zero-order chi connectivity index (χ0) is 42.7. The standard InChI is InChI=1S/C45H54N8O7/c1-26(2)37(50-43(56)58-6)41(54)52-23-28(5)19-35(52)39-46-22-34(49-39)31-14-11-29(12-15-31)9-10-30-13-16-32-33(20-30)48-40(47-32)36-21-45(17-8-18-60-25-45)24-53(36)42(55)38(27(3)4)51-44(57)59-7/h11-16,20,22,26-27,35-38H,5,8,17-19,21,23-25H2,1-4,6-7H3,(H,46,49)(H,47,48)(H,50,56)(H,51,57)/t35-,36-,37-,38-,45-/m0/s1. The number of nitrogens with zero attached hydrogens (tertiary/aromatic N) is 4. The van der Waals surface area contributed by atoms with Crippen LogP contribution in [0.5, 0.6) is 0 Å². The van der Waals surface area contributed by atoms with Gasteiger partial charge < -0.3 is 44.6 Å². The molecule has 0 saturated carbocycles. The number of methoxy groups -OCH3 is 2. The van der Waals surface area contributed by atoms with Gasteiger partial charge in [0.2, 0.25) is 11.8 Å². The third kappa shape index (κ3) is 8.89. The fraction of sp³-hybridized carbons (Fsp3) is 0.467. The van der Waals surface area contributed by atoms with E-state index in [0.29, 0.717) is 50.8 Å². The smallest absolute Gasteiger partial charge is 0.407 e. The third-order valence-electron chi connectivity index (χ3n) is 11.8. The number of rotatable bonds is 9. The van der Waals surface area contributed by atoms with Gasteiger partial charge in [0.25, 0.3) is 0 Å². The highest BCUT2D eigenvalue weighted by molar-refractivity contribution is 5.88. The van der Waals surface area contributed by atoms with E-state index in [0.717, 1.165) is 51.8 Å². The van der Waals surface area contributed by atoms with Crippen molar-refractivity contribution in [1.82, 2.24) is 40.4 Å². The number of fused-ring (bicyclic) bond motifs is 1. The number of benzene rings is 2. The molecule has 7 rings (SSSR count). The van der Waals surface area contributed by atoms with Crippen LogP contribution >= 0.6 is 0 Å². The predicted octanol–water partition coefficient (Wildman–Crippen LogP) is 6.01. The van der Waals surface area contributed by atoms with Crippen molar-refractivity contribution in [1.29, 1.82) is 0 Å². The van der Waals surface area contributed by atoms with Crippen molar-refractivity contribution in [2.45, 2.75) is 77.5 Å². The molecule has 316 valence electrons. The fourth-order valence-corrected chi connectivity index (χ4v) is 8.55. The first-order chi connectivity index (χ1) is 28.8. The molecule has 15 heteroatoms. The lowest BCUT2D eigenvalue weighted by molar-refractivity contribution is -0.136. The van der Waals surface area contributed by atoms with Gasteiger partial charge in [-0.15, -0.1) is 0 Å². The number of likely N-dealkylation sites (tertiary alicyclic amines) is 2. The summed E-state index contributed by atoms with van der Waals surface area (Å²) in [5.74, 6) is 7.19. The molecule has 1 spiro atoms. The lowest BCUT2D eigenvalue weighted by Gasteiger charge is -2.33. The Hall–Kier alpha value is -6.14. The van der Waals surface area contributed by atoms with Crippen LogP contribution in [-0.2, 0) is 23.8 Å². The van der Waals surface area contributed by atoms with E-state index in [1.807, 2.05) is 75.1 Å². The minimum absolute atomic E-state index is 0.152. The van der Waals surface area contributed by atoms with Gasteiger partial charge in [-0.3, -0.25) is 9.59 Å². The lowest BCUT2D eigenvalue weighted by atomic mass is 9.80. The molecule has 0 unspecified atom stereocenters. The van der Waals surface area contributed by atoms with Crippen molar-refractivity contribution in [2.75, 3.05) is 40.5 Å². The zero-order valence-electron chi connectivity index (χ0n) is 35.1. The summed E-state index contributed by atoms with van der Waals surface area (Å²) < 4.78 is 15.5. The summed E-state index contributed by atoms with van der Waals surface area (Å²) in [5.41, 5.74) is 5.64. The number of imidazole rings is 2. The molecular weight excluding hydrogens is 765 g/mol. The van der Waals surface area contributed by atoms with Gasteiger partial charge in [0.05, 0.1) is 55.8 Å². The summed E-state index contributed by atoms with van der Waals surface area (Å²) in [6.45, 7) is 13.9. The van der Waals surface area contributed by atoms with Gasteiger partial charge in [0.15, 0.2) is 0 Å². The van der Waals surface area contributed by atoms with E-state index in [1.165, 1.54) is 14.2 Å². The maximum absolute atomic E-state index is 14.1. The van der Waals surface area contributed by atoms with Crippen LogP contribution < -0.4 is 10.6 Å². The molecule has 15 nitrogen and oxygen atoms in total. The molecular formula is C45H54N8O7. The van der Waals surface area contributed by atoms with Gasteiger partial charge in [-0.2, -0.15) is 0 Å². The Morgan fingerprint density at radius 1 is 0.883 bits per heavy atom. The topological polar surface area (TPSA) is 184 Å². The van der Waals surface area contributed by atoms with Gasteiger partial charge >= 0.3 is 12.2 Å². The minimum atomic E-state index is -0.750. The van der Waals surface area contributed by atoms with Crippen LogP contribution in [0.2, 0.25) is 0 Å². The summed E-state index contributed by atoms with van der Waals surface area (Å²) in [6.07, 6.45) is 3.60. The number of carbonyl (C=O) groups excluding carboxylic acids is 4. The van der Waals surface area contributed by atoms with Crippen LogP contribution in [0.4, 0.5) is 9.59 Å². The minimum Gasteiger partial charge on any atom is -0.453 e. The monoisotopic (exact) mass is 818 g/mol. The van der Waals surface area contributed by atoms with Gasteiger partial charge in [0.1, 0.15) is 23.7 Å². The van der Waals surface area contributed by atoms with Crippen LogP contribution in [0, 0.1) is 29.1 Å². The summed E-state index contributed by atoms with van der Waals surface area (Å²) in [6, 6.07) is 11.5. The van der Waals surface area contributed by atoms with E-state index in [9.17, 15) is 19.2 Å². The lowest BCUT2D eigenvalue weighted by Crippen LogP contribution is -2.51. The Bertz CT molecular complexity index is 2310. The summed E-state index contributed by atoms with van der Waals surface area (Å²) in [4.78, 5) is 72.1. The van der Waals surface area contributed by atoms with Crippen LogP contribution in [0.3, 0.4) is 0 Å². The average molecular weight is 819 g/mol. The molecule has 5 atom stereocenters.